The second-order valence-electron chi connectivity index (χ2n) is 2.73. The zero-order valence-corrected chi connectivity index (χ0v) is 7.82. The first-order chi connectivity index (χ1) is 5.81. The molecule has 0 aliphatic heterocycles. The molecule has 0 aliphatic carbocycles. The Morgan fingerprint density at radius 1 is 1.25 bits per heavy atom. The highest BCUT2D eigenvalue weighted by molar-refractivity contribution is 4.92. The maximum absolute atomic E-state index is 9.85. The Morgan fingerprint density at radius 2 is 1.92 bits per heavy atom. The van der Waals surface area contributed by atoms with Crippen LogP contribution in [0.2, 0.25) is 0 Å². The highest BCUT2D eigenvalue weighted by atomic mass is 17.1. The quantitative estimate of drug-likeness (QED) is 0.346. The van der Waals surface area contributed by atoms with Crippen LogP contribution < -0.4 is 5.26 Å². The largest absolute Gasteiger partial charge is 0.723 e. The molecule has 70 valence electrons. The summed E-state index contributed by atoms with van der Waals surface area (Å²) in [7, 11) is 0. The maximum Gasteiger partial charge on any atom is 0.0457 e. The van der Waals surface area contributed by atoms with Gasteiger partial charge in [-0.2, -0.15) is 0 Å². The Kier molecular flexibility index (Phi) is 8.07. The Balaban J connectivity index is 3.31. The molecule has 0 saturated carbocycles. The highest BCUT2D eigenvalue weighted by Crippen LogP contribution is 1.96. The van der Waals surface area contributed by atoms with Crippen LogP contribution >= 0.6 is 0 Å². The molecule has 0 spiro atoms. The Hall–Kier alpha value is -0.600. The summed E-state index contributed by atoms with van der Waals surface area (Å²) in [6.07, 6.45) is 10.8. The van der Waals surface area contributed by atoms with Gasteiger partial charge in [0.25, 0.3) is 0 Å². The van der Waals surface area contributed by atoms with Crippen molar-refractivity contribution in [3.05, 3.63) is 24.3 Å². The molecular weight excluding hydrogens is 152 g/mol. The lowest BCUT2D eigenvalue weighted by Gasteiger charge is -2.13. The lowest BCUT2D eigenvalue weighted by Crippen LogP contribution is -2.15. The van der Waals surface area contributed by atoms with E-state index >= 15 is 0 Å². The number of allylic oxidation sites excluding steroid dienone is 3. The maximum atomic E-state index is 9.85. The van der Waals surface area contributed by atoms with Gasteiger partial charge >= 0.3 is 0 Å². The topological polar surface area (TPSA) is 32.3 Å². The number of rotatable bonds is 6. The molecule has 0 radical (unpaired) electrons. The van der Waals surface area contributed by atoms with E-state index in [-0.39, 0.29) is 6.10 Å². The molecule has 0 rings (SSSR count). The van der Waals surface area contributed by atoms with Gasteiger partial charge in [0.1, 0.15) is 0 Å². The van der Waals surface area contributed by atoms with E-state index in [1.807, 2.05) is 12.2 Å². The molecule has 1 unspecified atom stereocenters. The second-order valence-corrected chi connectivity index (χ2v) is 2.73. The summed E-state index contributed by atoms with van der Waals surface area (Å²) in [5.41, 5.74) is 0. The van der Waals surface area contributed by atoms with Crippen molar-refractivity contribution in [1.82, 2.24) is 0 Å². The van der Waals surface area contributed by atoms with Gasteiger partial charge in [-0.15, -0.1) is 0 Å². The third kappa shape index (κ3) is 7.51. The first-order valence-corrected chi connectivity index (χ1v) is 4.39. The molecular formula is C10H17O2-. The Labute approximate surface area is 74.5 Å². The van der Waals surface area contributed by atoms with Crippen LogP contribution in [-0.4, -0.2) is 6.10 Å². The highest BCUT2D eigenvalue weighted by Gasteiger charge is 1.89. The predicted octanol–water partition coefficient (Wildman–Crippen LogP) is 1.97. The van der Waals surface area contributed by atoms with Crippen molar-refractivity contribution >= 4 is 0 Å². The summed E-state index contributed by atoms with van der Waals surface area (Å²) in [5.74, 6) is 0. The van der Waals surface area contributed by atoms with Crippen LogP contribution in [0.3, 0.4) is 0 Å². The van der Waals surface area contributed by atoms with Gasteiger partial charge in [-0.05, 0) is 26.2 Å². The summed E-state index contributed by atoms with van der Waals surface area (Å²) >= 11 is 0. The number of hydrogen-bond acceptors (Lipinski definition) is 2. The van der Waals surface area contributed by atoms with Crippen LogP contribution in [0.5, 0.6) is 0 Å². The molecule has 2 heteroatoms. The van der Waals surface area contributed by atoms with Crippen LogP contribution in [0.1, 0.15) is 33.1 Å². The molecule has 1 atom stereocenters. The minimum atomic E-state index is -0.212. The van der Waals surface area contributed by atoms with E-state index in [4.69, 9.17) is 0 Å². The molecule has 0 saturated heterocycles. The summed E-state index contributed by atoms with van der Waals surface area (Å²) in [5, 5.41) is 9.85. The third-order valence-corrected chi connectivity index (χ3v) is 1.47. The van der Waals surface area contributed by atoms with E-state index < -0.39 is 0 Å². The average molecular weight is 169 g/mol. The van der Waals surface area contributed by atoms with Crippen molar-refractivity contribution < 1.29 is 10.1 Å². The van der Waals surface area contributed by atoms with Crippen molar-refractivity contribution in [1.29, 1.82) is 0 Å². The third-order valence-electron chi connectivity index (χ3n) is 1.47. The van der Waals surface area contributed by atoms with Crippen molar-refractivity contribution in [2.75, 3.05) is 0 Å². The second kappa shape index (κ2) is 8.50. The number of hydrogen-bond donors (Lipinski definition) is 0. The van der Waals surface area contributed by atoms with Crippen LogP contribution in [0.25, 0.3) is 0 Å². The smallest absolute Gasteiger partial charge is 0.0457 e. The van der Waals surface area contributed by atoms with Gasteiger partial charge in [-0.1, -0.05) is 31.2 Å². The fourth-order valence-electron chi connectivity index (χ4n) is 0.765. The molecule has 0 heterocycles. The van der Waals surface area contributed by atoms with Crippen molar-refractivity contribution in [2.24, 2.45) is 0 Å². The Morgan fingerprint density at radius 3 is 2.50 bits per heavy atom. The lowest BCUT2D eigenvalue weighted by atomic mass is 10.2. The molecule has 12 heavy (non-hydrogen) atoms. The normalized spacial score (nSPS) is 14.6. The average Bonchev–Trinajstić information content (AvgIpc) is 2.10. The molecule has 0 N–H and O–H groups in total. The van der Waals surface area contributed by atoms with Gasteiger partial charge in [0, 0.05) is 6.10 Å². The first-order valence-electron chi connectivity index (χ1n) is 4.39. The van der Waals surface area contributed by atoms with Crippen molar-refractivity contribution in [3.8, 4) is 0 Å². The summed E-state index contributed by atoms with van der Waals surface area (Å²) in [4.78, 5) is 3.86. The van der Waals surface area contributed by atoms with Crippen molar-refractivity contribution in [2.45, 2.75) is 39.2 Å². The fourth-order valence-corrected chi connectivity index (χ4v) is 0.765. The van der Waals surface area contributed by atoms with Crippen molar-refractivity contribution in [3.63, 3.8) is 0 Å². The van der Waals surface area contributed by atoms with Crippen LogP contribution in [-0.2, 0) is 4.89 Å². The van der Waals surface area contributed by atoms with E-state index in [1.165, 1.54) is 0 Å². The monoisotopic (exact) mass is 169 g/mol. The standard InChI is InChI=1S/C10H18O2/c1-3-4-5-6-7-8-9-10(2)12-11/h4-5,7-8,10-11H,3,6,9H2,1-2H3/p-1/b5-4+,8-7+. The summed E-state index contributed by atoms with van der Waals surface area (Å²) in [6, 6.07) is 0. The molecule has 0 aliphatic rings. The Bertz CT molecular complexity index is 139. The lowest BCUT2D eigenvalue weighted by molar-refractivity contribution is -0.701. The minimum Gasteiger partial charge on any atom is -0.723 e. The molecule has 0 aromatic heterocycles. The van der Waals surface area contributed by atoms with E-state index in [2.05, 4.69) is 24.0 Å². The van der Waals surface area contributed by atoms with Gasteiger partial charge in [-0.25, -0.2) is 0 Å². The fraction of sp³-hybridized carbons (Fsp3) is 0.600. The van der Waals surface area contributed by atoms with Crippen LogP contribution in [0, 0.1) is 0 Å². The molecule has 0 aromatic carbocycles. The molecule has 0 amide bonds. The predicted molar refractivity (Wildman–Crippen MR) is 48.4 cm³/mol. The zero-order chi connectivity index (χ0) is 9.23. The van der Waals surface area contributed by atoms with Gasteiger partial charge < -0.3 is 10.1 Å². The first kappa shape index (κ1) is 11.4. The molecule has 0 fully saturated rings. The molecule has 2 nitrogen and oxygen atoms in total. The van der Waals surface area contributed by atoms with E-state index in [0.29, 0.717) is 6.42 Å². The van der Waals surface area contributed by atoms with Gasteiger partial charge in [0.05, 0.1) is 0 Å². The minimum absolute atomic E-state index is 0.212. The van der Waals surface area contributed by atoms with E-state index in [1.54, 1.807) is 6.92 Å². The van der Waals surface area contributed by atoms with Crippen LogP contribution in [0.4, 0.5) is 0 Å². The zero-order valence-electron chi connectivity index (χ0n) is 7.82. The van der Waals surface area contributed by atoms with Gasteiger partial charge in [0.2, 0.25) is 0 Å². The van der Waals surface area contributed by atoms with Gasteiger partial charge in [-0.3, -0.25) is 0 Å². The van der Waals surface area contributed by atoms with Gasteiger partial charge in [0.15, 0.2) is 0 Å². The molecule has 0 aromatic rings. The van der Waals surface area contributed by atoms with E-state index in [0.717, 1.165) is 12.8 Å². The van der Waals surface area contributed by atoms with Crippen LogP contribution in [0.15, 0.2) is 24.3 Å². The summed E-state index contributed by atoms with van der Waals surface area (Å²) in [6.45, 7) is 3.87. The molecule has 0 bridgehead atoms. The SMILES string of the molecule is CC/C=C/C/C=C/CC(C)O[O-]. The van der Waals surface area contributed by atoms with E-state index in [9.17, 15) is 5.26 Å². The summed E-state index contributed by atoms with van der Waals surface area (Å²) < 4.78 is 0.